The van der Waals surface area contributed by atoms with Crippen LogP contribution in [0.25, 0.3) is 0 Å². The summed E-state index contributed by atoms with van der Waals surface area (Å²) in [5.74, 6) is 1.91. The Labute approximate surface area is 150 Å². The molecule has 0 radical (unpaired) electrons. The number of sulfone groups is 1. The summed E-state index contributed by atoms with van der Waals surface area (Å²) in [4.78, 5) is 12.3. The summed E-state index contributed by atoms with van der Waals surface area (Å²) in [6, 6.07) is 5.55. The number of carbonyl (C=O) groups excluding carboxylic acids is 1. The topological polar surface area (TPSA) is 69.7 Å². The van der Waals surface area contributed by atoms with E-state index in [1.165, 1.54) is 0 Å². The Morgan fingerprint density at radius 1 is 1.20 bits per heavy atom. The van der Waals surface area contributed by atoms with Crippen LogP contribution in [0.2, 0.25) is 0 Å². The Balaban J connectivity index is 1.77. The lowest BCUT2D eigenvalue weighted by molar-refractivity contribution is -0.119. The summed E-state index contributed by atoms with van der Waals surface area (Å²) >= 11 is 0. The maximum atomic E-state index is 12.3. The molecule has 0 fully saturated rings. The number of benzene rings is 1. The molecule has 6 heteroatoms. The number of ether oxygens (including phenoxy) is 2. The molecule has 0 aliphatic carbocycles. The van der Waals surface area contributed by atoms with Crippen LogP contribution in [0.4, 0.5) is 0 Å². The Morgan fingerprint density at radius 3 is 2.56 bits per heavy atom. The second-order valence-electron chi connectivity index (χ2n) is 7.79. The third-order valence-corrected chi connectivity index (χ3v) is 7.15. The van der Waals surface area contributed by atoms with Gasteiger partial charge in [-0.15, -0.1) is 0 Å². The molecule has 0 amide bonds. The van der Waals surface area contributed by atoms with Crippen molar-refractivity contribution >= 4 is 15.6 Å². The van der Waals surface area contributed by atoms with Crippen LogP contribution >= 0.6 is 0 Å². The first kappa shape index (κ1) is 19.8. The molecule has 1 aromatic rings. The number of Topliss-reactive ketones (excluding diaryl/α,β-unsaturated/α-hetero) is 1. The molecule has 140 valence electrons. The SMILES string of the molecule is CC(CCCS(=O)(=O)C(C)(C)C)CC(=O)Cc1ccc2c(c1)OCO2. The van der Waals surface area contributed by atoms with Crippen molar-refractivity contribution in [2.45, 2.75) is 58.1 Å². The summed E-state index contributed by atoms with van der Waals surface area (Å²) in [5.41, 5.74) is 0.914. The van der Waals surface area contributed by atoms with Crippen LogP contribution in [0.5, 0.6) is 11.5 Å². The lowest BCUT2D eigenvalue weighted by Gasteiger charge is -2.19. The fourth-order valence-electron chi connectivity index (χ4n) is 2.77. The molecule has 0 spiro atoms. The second kappa shape index (κ2) is 7.77. The molecule has 1 heterocycles. The van der Waals surface area contributed by atoms with Crippen LogP contribution in [0.1, 0.15) is 52.5 Å². The molecular weight excluding hydrogens is 340 g/mol. The number of hydrogen-bond donors (Lipinski definition) is 0. The molecular formula is C19H28O5S. The van der Waals surface area contributed by atoms with Gasteiger partial charge in [0.05, 0.1) is 10.5 Å². The van der Waals surface area contributed by atoms with E-state index >= 15 is 0 Å². The smallest absolute Gasteiger partial charge is 0.231 e. The zero-order chi connectivity index (χ0) is 18.7. The van der Waals surface area contributed by atoms with Crippen molar-refractivity contribution in [1.29, 1.82) is 0 Å². The molecule has 1 aromatic carbocycles. The van der Waals surface area contributed by atoms with Gasteiger partial charge in [0.25, 0.3) is 0 Å². The molecule has 0 aromatic heterocycles. The van der Waals surface area contributed by atoms with E-state index in [2.05, 4.69) is 0 Å². The minimum absolute atomic E-state index is 0.157. The Bertz CT molecular complexity index is 716. The number of hydrogen-bond acceptors (Lipinski definition) is 5. The maximum Gasteiger partial charge on any atom is 0.231 e. The molecule has 0 N–H and O–H groups in total. The van der Waals surface area contributed by atoms with E-state index in [0.717, 1.165) is 12.0 Å². The number of rotatable bonds is 8. The summed E-state index contributed by atoms with van der Waals surface area (Å²) in [5, 5.41) is 0. The zero-order valence-corrected chi connectivity index (χ0v) is 16.3. The number of fused-ring (bicyclic) bond motifs is 1. The lowest BCUT2D eigenvalue weighted by Crippen LogP contribution is -2.30. The molecule has 2 rings (SSSR count). The summed E-state index contributed by atoms with van der Waals surface area (Å²) in [7, 11) is -3.09. The van der Waals surface area contributed by atoms with Gasteiger partial charge < -0.3 is 9.47 Å². The first-order valence-electron chi connectivity index (χ1n) is 8.71. The Morgan fingerprint density at radius 2 is 1.88 bits per heavy atom. The van der Waals surface area contributed by atoms with Gasteiger partial charge in [0.15, 0.2) is 21.3 Å². The molecule has 1 unspecified atom stereocenters. The van der Waals surface area contributed by atoms with Crippen LogP contribution in [-0.4, -0.2) is 31.5 Å². The molecule has 0 bridgehead atoms. The van der Waals surface area contributed by atoms with Crippen LogP contribution in [0, 0.1) is 5.92 Å². The first-order valence-corrected chi connectivity index (χ1v) is 10.4. The van der Waals surface area contributed by atoms with Crippen LogP contribution in [0.3, 0.4) is 0 Å². The van der Waals surface area contributed by atoms with E-state index < -0.39 is 14.6 Å². The fourth-order valence-corrected chi connectivity index (χ4v) is 3.93. The van der Waals surface area contributed by atoms with Gasteiger partial charge in [-0.05, 0) is 57.2 Å². The molecule has 25 heavy (non-hydrogen) atoms. The molecule has 5 nitrogen and oxygen atoms in total. The van der Waals surface area contributed by atoms with Gasteiger partial charge in [-0.3, -0.25) is 4.79 Å². The average Bonchev–Trinajstić information content (AvgIpc) is 2.93. The van der Waals surface area contributed by atoms with Crippen molar-refractivity contribution in [1.82, 2.24) is 0 Å². The largest absolute Gasteiger partial charge is 0.454 e. The first-order chi connectivity index (χ1) is 11.6. The normalized spacial score (nSPS) is 15.2. The van der Waals surface area contributed by atoms with E-state index in [1.807, 2.05) is 25.1 Å². The second-order valence-corrected chi connectivity index (χ2v) is 10.6. The van der Waals surface area contributed by atoms with Crippen LogP contribution in [-0.2, 0) is 21.1 Å². The average molecular weight is 368 g/mol. The third-order valence-electron chi connectivity index (χ3n) is 4.46. The predicted molar refractivity (Wildman–Crippen MR) is 97.8 cm³/mol. The summed E-state index contributed by atoms with van der Waals surface area (Å²) in [6.07, 6.45) is 2.16. The highest BCUT2D eigenvalue weighted by atomic mass is 32.2. The van der Waals surface area contributed by atoms with Gasteiger partial charge in [0.1, 0.15) is 5.78 Å². The van der Waals surface area contributed by atoms with E-state index in [-0.39, 0.29) is 24.2 Å². The molecule has 0 saturated carbocycles. The van der Waals surface area contributed by atoms with Crippen molar-refractivity contribution in [3.8, 4) is 11.5 Å². The molecule has 1 aliphatic heterocycles. The Kier molecular flexibility index (Phi) is 6.14. The minimum Gasteiger partial charge on any atom is -0.454 e. The highest BCUT2D eigenvalue weighted by molar-refractivity contribution is 7.92. The highest BCUT2D eigenvalue weighted by Gasteiger charge is 2.28. The fraction of sp³-hybridized carbons (Fsp3) is 0.632. The van der Waals surface area contributed by atoms with E-state index in [0.29, 0.717) is 30.8 Å². The number of carbonyl (C=O) groups is 1. The van der Waals surface area contributed by atoms with Gasteiger partial charge in [-0.25, -0.2) is 8.42 Å². The summed E-state index contributed by atoms with van der Waals surface area (Å²) < 4.78 is 34.1. The molecule has 0 saturated heterocycles. The monoisotopic (exact) mass is 368 g/mol. The molecule has 1 atom stereocenters. The van der Waals surface area contributed by atoms with Gasteiger partial charge in [0, 0.05) is 12.8 Å². The number of ketones is 1. The van der Waals surface area contributed by atoms with Crippen LogP contribution in [0.15, 0.2) is 18.2 Å². The minimum atomic E-state index is -3.09. The van der Waals surface area contributed by atoms with Gasteiger partial charge in [-0.1, -0.05) is 13.0 Å². The van der Waals surface area contributed by atoms with Gasteiger partial charge >= 0.3 is 0 Å². The standard InChI is InChI=1S/C19H28O5S/c1-14(6-5-9-25(21,22)19(2,3)4)10-16(20)11-15-7-8-17-18(12-15)24-13-23-17/h7-8,12,14H,5-6,9-11,13H2,1-4H3. The van der Waals surface area contributed by atoms with Crippen molar-refractivity contribution in [2.24, 2.45) is 5.92 Å². The van der Waals surface area contributed by atoms with Crippen molar-refractivity contribution in [3.05, 3.63) is 23.8 Å². The predicted octanol–water partition coefficient (Wildman–Crippen LogP) is 3.55. The van der Waals surface area contributed by atoms with E-state index in [9.17, 15) is 13.2 Å². The van der Waals surface area contributed by atoms with E-state index in [4.69, 9.17) is 9.47 Å². The third kappa shape index (κ3) is 5.46. The zero-order valence-electron chi connectivity index (χ0n) is 15.5. The van der Waals surface area contributed by atoms with Crippen LogP contribution < -0.4 is 9.47 Å². The lowest BCUT2D eigenvalue weighted by atomic mass is 9.96. The van der Waals surface area contributed by atoms with Crippen molar-refractivity contribution < 1.29 is 22.7 Å². The van der Waals surface area contributed by atoms with Crippen molar-refractivity contribution in [3.63, 3.8) is 0 Å². The highest BCUT2D eigenvalue weighted by Crippen LogP contribution is 2.32. The van der Waals surface area contributed by atoms with Crippen molar-refractivity contribution in [2.75, 3.05) is 12.5 Å². The summed E-state index contributed by atoms with van der Waals surface area (Å²) in [6.45, 7) is 7.39. The quantitative estimate of drug-likeness (QED) is 0.702. The van der Waals surface area contributed by atoms with Gasteiger partial charge in [0.2, 0.25) is 6.79 Å². The van der Waals surface area contributed by atoms with Gasteiger partial charge in [-0.2, -0.15) is 0 Å². The Hall–Kier alpha value is -1.56. The maximum absolute atomic E-state index is 12.3. The van der Waals surface area contributed by atoms with E-state index in [1.54, 1.807) is 20.8 Å². The molecule has 1 aliphatic rings.